The Kier molecular flexibility index (Phi) is 3.72. The molecule has 0 aromatic carbocycles. The summed E-state index contributed by atoms with van der Waals surface area (Å²) in [4.78, 5) is 8.39. The van der Waals surface area contributed by atoms with E-state index in [1.165, 1.54) is 23.4 Å². The van der Waals surface area contributed by atoms with Gasteiger partial charge in [-0.2, -0.15) is 0 Å². The average Bonchev–Trinajstić information content (AvgIpc) is 2.72. The van der Waals surface area contributed by atoms with E-state index in [1.807, 2.05) is 5.51 Å². The molecule has 0 aliphatic heterocycles. The molecule has 1 aliphatic carbocycles. The summed E-state index contributed by atoms with van der Waals surface area (Å²) in [7, 11) is 0. The fraction of sp³-hybridized carbons (Fsp3) is 0.727. The summed E-state index contributed by atoms with van der Waals surface area (Å²) >= 11 is 1.81. The summed E-state index contributed by atoms with van der Waals surface area (Å²) in [5.74, 6) is 0. The molecule has 0 amide bonds. The van der Waals surface area contributed by atoms with E-state index in [4.69, 9.17) is 5.73 Å². The largest absolute Gasteiger partial charge is 0.329 e. The van der Waals surface area contributed by atoms with Crippen LogP contribution in [0.5, 0.6) is 0 Å². The second kappa shape index (κ2) is 5.05. The summed E-state index contributed by atoms with van der Waals surface area (Å²) in [5, 5.41) is 0. The minimum absolute atomic E-state index is 0.687. The summed E-state index contributed by atoms with van der Waals surface area (Å²) < 4.78 is 0. The van der Waals surface area contributed by atoms with Gasteiger partial charge >= 0.3 is 0 Å². The molecule has 2 N–H and O–H groups in total. The standard InChI is InChI=1S/C11H19N3S/c1-2-14(6-5-12)9-3-4-10-11(7-9)15-8-13-10/h8-9H,2-7,12H2,1H3. The molecular formula is C11H19N3S. The van der Waals surface area contributed by atoms with Crippen LogP contribution in [0.1, 0.15) is 23.9 Å². The molecule has 0 bridgehead atoms. The lowest BCUT2D eigenvalue weighted by atomic mass is 9.96. The van der Waals surface area contributed by atoms with Crippen molar-refractivity contribution in [2.45, 2.75) is 32.2 Å². The number of aryl methyl sites for hydroxylation is 1. The normalized spacial score (nSPS) is 20.6. The Labute approximate surface area is 95.3 Å². The van der Waals surface area contributed by atoms with E-state index in [0.29, 0.717) is 6.04 Å². The first-order valence-corrected chi connectivity index (χ1v) is 6.58. The van der Waals surface area contributed by atoms with E-state index >= 15 is 0 Å². The number of fused-ring (bicyclic) bond motifs is 1. The lowest BCUT2D eigenvalue weighted by Gasteiger charge is -2.32. The zero-order valence-corrected chi connectivity index (χ0v) is 10.1. The minimum Gasteiger partial charge on any atom is -0.329 e. The number of aromatic nitrogens is 1. The fourth-order valence-electron chi connectivity index (χ4n) is 2.36. The van der Waals surface area contributed by atoms with Gasteiger partial charge in [0.25, 0.3) is 0 Å². The first-order chi connectivity index (χ1) is 7.35. The van der Waals surface area contributed by atoms with Crippen LogP contribution in [0.25, 0.3) is 0 Å². The third-order valence-corrected chi connectivity index (χ3v) is 4.10. The summed E-state index contributed by atoms with van der Waals surface area (Å²) in [6.07, 6.45) is 3.56. The van der Waals surface area contributed by atoms with Crippen molar-refractivity contribution in [3.8, 4) is 0 Å². The molecule has 0 spiro atoms. The van der Waals surface area contributed by atoms with Crippen LogP contribution in [0.3, 0.4) is 0 Å². The third kappa shape index (κ3) is 2.38. The maximum absolute atomic E-state index is 5.63. The molecule has 1 aromatic rings. The van der Waals surface area contributed by atoms with Gasteiger partial charge in [-0.05, 0) is 25.8 Å². The predicted molar refractivity (Wildman–Crippen MR) is 64.2 cm³/mol. The topological polar surface area (TPSA) is 42.1 Å². The van der Waals surface area contributed by atoms with Crippen LogP contribution < -0.4 is 5.73 Å². The van der Waals surface area contributed by atoms with Crippen molar-refractivity contribution < 1.29 is 0 Å². The highest BCUT2D eigenvalue weighted by Crippen LogP contribution is 2.26. The van der Waals surface area contributed by atoms with E-state index in [2.05, 4.69) is 16.8 Å². The molecule has 15 heavy (non-hydrogen) atoms. The average molecular weight is 225 g/mol. The van der Waals surface area contributed by atoms with E-state index in [-0.39, 0.29) is 0 Å². The Hall–Kier alpha value is -0.450. The van der Waals surface area contributed by atoms with Gasteiger partial charge < -0.3 is 5.73 Å². The molecule has 2 rings (SSSR count). The van der Waals surface area contributed by atoms with Crippen molar-refractivity contribution in [1.82, 2.24) is 9.88 Å². The van der Waals surface area contributed by atoms with Gasteiger partial charge in [-0.25, -0.2) is 4.98 Å². The second-order valence-corrected chi connectivity index (χ2v) is 4.98. The first kappa shape index (κ1) is 11.0. The lowest BCUT2D eigenvalue weighted by molar-refractivity contribution is 0.194. The van der Waals surface area contributed by atoms with Gasteiger partial charge in [-0.1, -0.05) is 6.92 Å². The van der Waals surface area contributed by atoms with Crippen LogP contribution in [-0.4, -0.2) is 35.6 Å². The minimum atomic E-state index is 0.687. The highest BCUT2D eigenvalue weighted by molar-refractivity contribution is 7.09. The Morgan fingerprint density at radius 2 is 2.53 bits per heavy atom. The number of hydrogen-bond donors (Lipinski definition) is 1. The number of hydrogen-bond acceptors (Lipinski definition) is 4. The maximum atomic E-state index is 5.63. The molecule has 0 saturated carbocycles. The number of nitrogens with two attached hydrogens (primary N) is 1. The van der Waals surface area contributed by atoms with Crippen molar-refractivity contribution in [2.24, 2.45) is 5.73 Å². The van der Waals surface area contributed by atoms with Crippen molar-refractivity contribution in [3.63, 3.8) is 0 Å². The second-order valence-electron chi connectivity index (χ2n) is 4.04. The van der Waals surface area contributed by atoms with Gasteiger partial charge in [-0.15, -0.1) is 11.3 Å². The van der Waals surface area contributed by atoms with Crippen molar-refractivity contribution in [1.29, 1.82) is 0 Å². The smallest absolute Gasteiger partial charge is 0.0797 e. The number of rotatable bonds is 4. The summed E-state index contributed by atoms with van der Waals surface area (Å²) in [5.41, 5.74) is 8.95. The predicted octanol–water partition coefficient (Wildman–Crippen LogP) is 1.28. The molecule has 3 nitrogen and oxygen atoms in total. The zero-order valence-electron chi connectivity index (χ0n) is 9.28. The van der Waals surface area contributed by atoms with Crippen LogP contribution in [0.4, 0.5) is 0 Å². The molecular weight excluding hydrogens is 206 g/mol. The van der Waals surface area contributed by atoms with Crippen molar-refractivity contribution in [2.75, 3.05) is 19.6 Å². The molecule has 1 aliphatic rings. The molecule has 0 fully saturated rings. The zero-order chi connectivity index (χ0) is 10.7. The fourth-order valence-corrected chi connectivity index (χ4v) is 3.25. The Morgan fingerprint density at radius 1 is 1.67 bits per heavy atom. The Bertz CT molecular complexity index is 311. The third-order valence-electron chi connectivity index (χ3n) is 3.20. The van der Waals surface area contributed by atoms with Crippen molar-refractivity contribution in [3.05, 3.63) is 16.1 Å². The summed E-state index contributed by atoms with van der Waals surface area (Å²) in [6, 6.07) is 0.687. The van der Waals surface area contributed by atoms with Gasteiger partial charge in [0.05, 0.1) is 11.2 Å². The Balaban J connectivity index is 2.01. The maximum Gasteiger partial charge on any atom is 0.0797 e. The molecule has 1 heterocycles. The van der Waals surface area contributed by atoms with Gasteiger partial charge in [-0.3, -0.25) is 4.90 Å². The van der Waals surface area contributed by atoms with Crippen LogP contribution in [0.2, 0.25) is 0 Å². The Morgan fingerprint density at radius 3 is 3.27 bits per heavy atom. The van der Waals surface area contributed by atoms with Gasteiger partial charge in [0, 0.05) is 24.0 Å². The molecule has 0 saturated heterocycles. The number of likely N-dealkylation sites (N-methyl/N-ethyl adjacent to an activating group) is 1. The van der Waals surface area contributed by atoms with E-state index in [1.54, 1.807) is 11.3 Å². The summed E-state index contributed by atoms with van der Waals surface area (Å²) in [6.45, 7) is 5.11. The molecule has 1 unspecified atom stereocenters. The SMILES string of the molecule is CCN(CCN)C1CCc2ncsc2C1. The van der Waals surface area contributed by atoms with Crippen LogP contribution in [0.15, 0.2) is 5.51 Å². The molecule has 84 valence electrons. The van der Waals surface area contributed by atoms with Gasteiger partial charge in [0.2, 0.25) is 0 Å². The van der Waals surface area contributed by atoms with Gasteiger partial charge in [0.1, 0.15) is 0 Å². The van der Waals surface area contributed by atoms with E-state index < -0.39 is 0 Å². The highest BCUT2D eigenvalue weighted by atomic mass is 32.1. The van der Waals surface area contributed by atoms with E-state index in [9.17, 15) is 0 Å². The monoisotopic (exact) mass is 225 g/mol. The van der Waals surface area contributed by atoms with Gasteiger partial charge in [0.15, 0.2) is 0 Å². The number of thiazole rings is 1. The van der Waals surface area contributed by atoms with Crippen LogP contribution in [0, 0.1) is 0 Å². The lowest BCUT2D eigenvalue weighted by Crippen LogP contribution is -2.41. The molecule has 1 atom stereocenters. The van der Waals surface area contributed by atoms with Crippen molar-refractivity contribution >= 4 is 11.3 Å². The molecule has 1 aromatic heterocycles. The number of nitrogens with zero attached hydrogens (tertiary/aromatic N) is 2. The van der Waals surface area contributed by atoms with Crippen LogP contribution >= 0.6 is 11.3 Å². The first-order valence-electron chi connectivity index (χ1n) is 5.70. The van der Waals surface area contributed by atoms with E-state index in [0.717, 1.165) is 26.1 Å². The van der Waals surface area contributed by atoms with Crippen LogP contribution in [-0.2, 0) is 12.8 Å². The molecule has 4 heteroatoms. The quantitative estimate of drug-likeness (QED) is 0.839. The molecule has 0 radical (unpaired) electrons. The highest BCUT2D eigenvalue weighted by Gasteiger charge is 2.24.